The van der Waals surface area contributed by atoms with E-state index < -0.39 is 0 Å². The Bertz CT molecular complexity index is 560. The van der Waals surface area contributed by atoms with Crippen molar-refractivity contribution in [3.05, 3.63) is 46.5 Å². The van der Waals surface area contributed by atoms with E-state index in [2.05, 4.69) is 15.3 Å². The summed E-state index contributed by atoms with van der Waals surface area (Å²) in [6, 6.07) is 9.29. The first-order valence-electron chi connectivity index (χ1n) is 5.05. The molecule has 0 bridgehead atoms. The van der Waals surface area contributed by atoms with Crippen LogP contribution in [0.15, 0.2) is 35.1 Å². The second kappa shape index (κ2) is 4.18. The number of aryl methyl sites for hydroxylation is 1. The Kier molecular flexibility index (Phi) is 2.72. The van der Waals surface area contributed by atoms with E-state index >= 15 is 0 Å². The summed E-state index contributed by atoms with van der Waals surface area (Å²) >= 11 is 0. The van der Waals surface area contributed by atoms with E-state index in [0.29, 0.717) is 11.5 Å². The van der Waals surface area contributed by atoms with E-state index in [1.165, 1.54) is 6.07 Å². The zero-order valence-corrected chi connectivity index (χ0v) is 9.24. The van der Waals surface area contributed by atoms with Gasteiger partial charge in [-0.1, -0.05) is 12.1 Å². The second-order valence-electron chi connectivity index (χ2n) is 3.55. The summed E-state index contributed by atoms with van der Waals surface area (Å²) in [7, 11) is 1.86. The molecule has 0 saturated heterocycles. The zero-order valence-electron chi connectivity index (χ0n) is 9.24. The van der Waals surface area contributed by atoms with Gasteiger partial charge in [-0.3, -0.25) is 4.79 Å². The van der Waals surface area contributed by atoms with E-state index in [4.69, 9.17) is 0 Å². The summed E-state index contributed by atoms with van der Waals surface area (Å²) in [5, 5.41) is 3.05. The molecule has 0 saturated carbocycles. The van der Waals surface area contributed by atoms with Crippen molar-refractivity contribution >= 4 is 5.69 Å². The molecule has 2 N–H and O–H groups in total. The summed E-state index contributed by atoms with van der Waals surface area (Å²) in [5.74, 6) is 0.623. The number of H-pyrrole nitrogens is 1. The third-order valence-electron chi connectivity index (χ3n) is 2.31. The van der Waals surface area contributed by atoms with Gasteiger partial charge in [-0.15, -0.1) is 0 Å². The van der Waals surface area contributed by atoms with Crippen molar-refractivity contribution in [1.82, 2.24) is 9.97 Å². The molecule has 16 heavy (non-hydrogen) atoms. The van der Waals surface area contributed by atoms with Gasteiger partial charge in [0, 0.05) is 24.4 Å². The zero-order chi connectivity index (χ0) is 11.5. The Morgan fingerprint density at radius 2 is 2.12 bits per heavy atom. The minimum absolute atomic E-state index is 0.127. The van der Waals surface area contributed by atoms with Gasteiger partial charge in [0.05, 0.1) is 5.69 Å². The van der Waals surface area contributed by atoms with Crippen LogP contribution in [0.1, 0.15) is 5.82 Å². The number of nitrogens with one attached hydrogen (secondary N) is 2. The maximum atomic E-state index is 11.3. The van der Waals surface area contributed by atoms with Crippen LogP contribution in [0, 0.1) is 6.92 Å². The van der Waals surface area contributed by atoms with Crippen LogP contribution in [0.5, 0.6) is 0 Å². The molecule has 0 aliphatic rings. The summed E-state index contributed by atoms with van der Waals surface area (Å²) in [4.78, 5) is 18.3. The van der Waals surface area contributed by atoms with Gasteiger partial charge in [0.2, 0.25) is 0 Å². The molecule has 0 spiro atoms. The van der Waals surface area contributed by atoms with Gasteiger partial charge >= 0.3 is 0 Å². The van der Waals surface area contributed by atoms with E-state index in [1.54, 1.807) is 6.92 Å². The van der Waals surface area contributed by atoms with Gasteiger partial charge < -0.3 is 10.3 Å². The molecular formula is C12H13N3O. The van der Waals surface area contributed by atoms with E-state index in [-0.39, 0.29) is 5.56 Å². The summed E-state index contributed by atoms with van der Waals surface area (Å²) < 4.78 is 0. The quantitative estimate of drug-likeness (QED) is 0.803. The Morgan fingerprint density at radius 1 is 1.31 bits per heavy atom. The topological polar surface area (TPSA) is 57.8 Å². The maximum Gasteiger partial charge on any atom is 0.251 e. The first kappa shape index (κ1) is 10.4. The van der Waals surface area contributed by atoms with Crippen molar-refractivity contribution < 1.29 is 0 Å². The molecule has 1 heterocycles. The third kappa shape index (κ3) is 2.11. The highest BCUT2D eigenvalue weighted by molar-refractivity contribution is 5.64. The predicted molar refractivity (Wildman–Crippen MR) is 64.6 cm³/mol. The lowest BCUT2D eigenvalue weighted by Gasteiger charge is -2.04. The molecule has 0 fully saturated rings. The fraction of sp³-hybridized carbons (Fsp3) is 0.167. The van der Waals surface area contributed by atoms with Crippen LogP contribution in [-0.2, 0) is 0 Å². The fourth-order valence-electron chi connectivity index (χ4n) is 1.56. The van der Waals surface area contributed by atoms with Gasteiger partial charge in [-0.2, -0.15) is 0 Å². The lowest BCUT2D eigenvalue weighted by Crippen LogP contribution is -2.08. The lowest BCUT2D eigenvalue weighted by atomic mass is 10.1. The minimum Gasteiger partial charge on any atom is -0.388 e. The van der Waals surface area contributed by atoms with Crippen LogP contribution < -0.4 is 10.9 Å². The number of aromatic nitrogens is 2. The van der Waals surface area contributed by atoms with Crippen LogP contribution in [0.4, 0.5) is 5.69 Å². The number of hydrogen-bond donors (Lipinski definition) is 2. The molecule has 2 aromatic rings. The van der Waals surface area contributed by atoms with Gasteiger partial charge in [0.15, 0.2) is 0 Å². The van der Waals surface area contributed by atoms with Crippen LogP contribution in [-0.4, -0.2) is 17.0 Å². The van der Waals surface area contributed by atoms with Crippen LogP contribution >= 0.6 is 0 Å². The highest BCUT2D eigenvalue weighted by atomic mass is 16.1. The van der Waals surface area contributed by atoms with Crippen molar-refractivity contribution in [2.45, 2.75) is 6.92 Å². The first-order chi connectivity index (χ1) is 7.69. The molecule has 0 amide bonds. The van der Waals surface area contributed by atoms with Gasteiger partial charge in [-0.05, 0) is 19.1 Å². The monoisotopic (exact) mass is 215 g/mol. The number of anilines is 1. The maximum absolute atomic E-state index is 11.3. The molecule has 4 nitrogen and oxygen atoms in total. The minimum atomic E-state index is -0.127. The Hall–Kier alpha value is -2.10. The number of hydrogen-bond acceptors (Lipinski definition) is 3. The second-order valence-corrected chi connectivity index (χ2v) is 3.55. The van der Waals surface area contributed by atoms with Crippen molar-refractivity contribution in [1.29, 1.82) is 0 Å². The van der Waals surface area contributed by atoms with Gasteiger partial charge in [0.1, 0.15) is 5.82 Å². The molecule has 82 valence electrons. The largest absolute Gasteiger partial charge is 0.388 e. The molecule has 0 unspecified atom stereocenters. The summed E-state index contributed by atoms with van der Waals surface area (Å²) in [6.45, 7) is 1.77. The average molecular weight is 215 g/mol. The van der Waals surface area contributed by atoms with E-state index in [0.717, 1.165) is 11.3 Å². The summed E-state index contributed by atoms with van der Waals surface area (Å²) in [6.07, 6.45) is 0. The smallest absolute Gasteiger partial charge is 0.251 e. The molecule has 1 aromatic carbocycles. The third-order valence-corrected chi connectivity index (χ3v) is 2.31. The van der Waals surface area contributed by atoms with Gasteiger partial charge in [0.25, 0.3) is 5.56 Å². The Labute approximate surface area is 93.4 Å². The molecule has 0 atom stereocenters. The predicted octanol–water partition coefficient (Wildman–Crippen LogP) is 1.79. The number of nitrogens with zero attached hydrogens (tertiary/aromatic N) is 1. The molecule has 4 heteroatoms. The van der Waals surface area contributed by atoms with E-state index in [1.807, 2.05) is 31.3 Å². The lowest BCUT2D eigenvalue weighted by molar-refractivity contribution is 1.02. The van der Waals surface area contributed by atoms with Crippen molar-refractivity contribution in [3.8, 4) is 11.3 Å². The standard InChI is InChI=1S/C12H13N3O/c1-8-14-11(7-12(16)15-8)9-4-3-5-10(6-9)13-2/h3-7,13H,1-2H3,(H,14,15,16). The molecular weight excluding hydrogens is 202 g/mol. The van der Waals surface area contributed by atoms with Crippen molar-refractivity contribution in [3.63, 3.8) is 0 Å². The van der Waals surface area contributed by atoms with E-state index in [9.17, 15) is 4.79 Å². The molecule has 0 aliphatic heterocycles. The summed E-state index contributed by atoms with van der Waals surface area (Å²) in [5.41, 5.74) is 2.49. The molecule has 0 aliphatic carbocycles. The average Bonchev–Trinajstić information content (AvgIpc) is 2.28. The fourth-order valence-corrected chi connectivity index (χ4v) is 1.56. The number of aromatic amines is 1. The number of rotatable bonds is 2. The highest BCUT2D eigenvalue weighted by Gasteiger charge is 2.02. The van der Waals surface area contributed by atoms with Crippen LogP contribution in [0.2, 0.25) is 0 Å². The van der Waals surface area contributed by atoms with Crippen LogP contribution in [0.25, 0.3) is 11.3 Å². The van der Waals surface area contributed by atoms with Gasteiger partial charge in [-0.25, -0.2) is 4.98 Å². The first-order valence-corrected chi connectivity index (χ1v) is 5.05. The highest BCUT2D eigenvalue weighted by Crippen LogP contribution is 2.19. The normalized spacial score (nSPS) is 10.1. The Balaban J connectivity index is 2.53. The Morgan fingerprint density at radius 3 is 2.81 bits per heavy atom. The molecule has 0 radical (unpaired) electrons. The SMILES string of the molecule is CNc1cccc(-c2cc(=O)[nH]c(C)n2)c1. The molecule has 1 aromatic heterocycles. The van der Waals surface area contributed by atoms with Crippen LogP contribution in [0.3, 0.4) is 0 Å². The van der Waals surface area contributed by atoms with Crippen molar-refractivity contribution in [2.75, 3.05) is 12.4 Å². The number of benzene rings is 1. The molecule has 2 rings (SSSR count). The van der Waals surface area contributed by atoms with Crippen molar-refractivity contribution in [2.24, 2.45) is 0 Å².